The summed E-state index contributed by atoms with van der Waals surface area (Å²) in [5.41, 5.74) is 1.81. The molecule has 0 atom stereocenters. The molecule has 2 aromatic rings. The average Bonchev–Trinajstić information content (AvgIpc) is 2.65. The van der Waals surface area contributed by atoms with Crippen LogP contribution in [0.2, 0.25) is 5.02 Å². The molecule has 0 radical (unpaired) electrons. The van der Waals surface area contributed by atoms with Crippen LogP contribution in [-0.4, -0.2) is 9.55 Å². The molecule has 0 spiro atoms. The Morgan fingerprint density at radius 1 is 1.50 bits per heavy atom. The van der Waals surface area contributed by atoms with E-state index in [9.17, 15) is 0 Å². The summed E-state index contributed by atoms with van der Waals surface area (Å²) in [5, 5.41) is 9.23. The van der Waals surface area contributed by atoms with E-state index in [4.69, 9.17) is 16.9 Å². The monoisotopic (exact) mass is 231 g/mol. The highest BCUT2D eigenvalue weighted by atomic mass is 35.5. The molecule has 4 heteroatoms. The number of hydrogen-bond donors (Lipinski definition) is 0. The van der Waals surface area contributed by atoms with E-state index >= 15 is 0 Å². The summed E-state index contributed by atoms with van der Waals surface area (Å²) in [4.78, 5) is 4.14. The zero-order valence-electron chi connectivity index (χ0n) is 8.81. The van der Waals surface area contributed by atoms with Gasteiger partial charge in [0.25, 0.3) is 0 Å². The maximum Gasteiger partial charge on any atom is 0.110 e. The molecular weight excluding hydrogens is 222 g/mol. The lowest BCUT2D eigenvalue weighted by molar-refractivity contribution is 0.973. The Morgan fingerprint density at radius 3 is 2.88 bits per heavy atom. The van der Waals surface area contributed by atoms with Gasteiger partial charge in [0.1, 0.15) is 5.82 Å². The highest BCUT2D eigenvalue weighted by molar-refractivity contribution is 6.32. The van der Waals surface area contributed by atoms with E-state index in [-0.39, 0.29) is 0 Å². The number of nitrogens with zero attached hydrogens (tertiary/aromatic N) is 3. The predicted octanol–water partition coefficient (Wildman–Crippen LogP) is 2.90. The molecule has 0 aliphatic carbocycles. The van der Waals surface area contributed by atoms with Crippen molar-refractivity contribution in [3.8, 4) is 11.8 Å². The average molecular weight is 232 g/mol. The topological polar surface area (TPSA) is 41.6 Å². The molecule has 0 aliphatic heterocycles. The molecule has 1 heterocycles. The van der Waals surface area contributed by atoms with Crippen molar-refractivity contribution in [1.29, 1.82) is 5.26 Å². The van der Waals surface area contributed by atoms with Gasteiger partial charge < -0.3 is 4.57 Å². The van der Waals surface area contributed by atoms with Crippen LogP contribution in [0.15, 0.2) is 30.6 Å². The lowest BCUT2D eigenvalue weighted by Gasteiger charge is -2.08. The first-order valence-corrected chi connectivity index (χ1v) is 5.26. The first-order valence-electron chi connectivity index (χ1n) is 4.88. The third-order valence-electron chi connectivity index (χ3n) is 2.38. The number of imidazole rings is 1. The zero-order valence-corrected chi connectivity index (χ0v) is 9.57. The van der Waals surface area contributed by atoms with Crippen molar-refractivity contribution < 1.29 is 0 Å². The highest BCUT2D eigenvalue weighted by Gasteiger charge is 2.06. The van der Waals surface area contributed by atoms with Crippen LogP contribution in [0, 0.1) is 18.3 Å². The quantitative estimate of drug-likeness (QED) is 0.798. The van der Waals surface area contributed by atoms with E-state index < -0.39 is 0 Å². The molecular formula is C12H10ClN3. The molecule has 16 heavy (non-hydrogen) atoms. The summed E-state index contributed by atoms with van der Waals surface area (Å²) in [6.07, 6.45) is 3.97. The maximum atomic E-state index is 8.60. The van der Waals surface area contributed by atoms with Gasteiger partial charge in [0.2, 0.25) is 0 Å². The second-order valence-electron chi connectivity index (χ2n) is 3.47. The molecule has 1 aromatic heterocycles. The van der Waals surface area contributed by atoms with Crippen molar-refractivity contribution in [2.24, 2.45) is 0 Å². The molecule has 0 saturated carbocycles. The zero-order chi connectivity index (χ0) is 11.5. The molecule has 2 rings (SSSR count). The van der Waals surface area contributed by atoms with Crippen LogP contribution in [-0.2, 0) is 6.42 Å². The van der Waals surface area contributed by atoms with Crippen LogP contribution in [0.5, 0.6) is 0 Å². The number of benzene rings is 1. The minimum absolute atomic E-state index is 0.378. The van der Waals surface area contributed by atoms with E-state index in [1.165, 1.54) is 0 Å². The Hall–Kier alpha value is -1.79. The van der Waals surface area contributed by atoms with E-state index in [1.54, 1.807) is 6.20 Å². The number of hydrogen-bond acceptors (Lipinski definition) is 2. The minimum Gasteiger partial charge on any atom is -0.302 e. The summed E-state index contributed by atoms with van der Waals surface area (Å²) in [5.74, 6) is 0.884. The fourth-order valence-electron chi connectivity index (χ4n) is 1.58. The Labute approximate surface area is 98.9 Å². The van der Waals surface area contributed by atoms with Crippen LogP contribution in [0.1, 0.15) is 11.4 Å². The van der Waals surface area contributed by atoms with Gasteiger partial charge in [-0.1, -0.05) is 17.7 Å². The number of rotatable bonds is 2. The van der Waals surface area contributed by atoms with Crippen molar-refractivity contribution >= 4 is 11.6 Å². The third kappa shape index (κ3) is 1.93. The lowest BCUT2D eigenvalue weighted by Crippen LogP contribution is -1.97. The smallest absolute Gasteiger partial charge is 0.110 e. The summed E-state index contributed by atoms with van der Waals surface area (Å²) in [6, 6.07) is 7.73. The van der Waals surface area contributed by atoms with Crippen molar-refractivity contribution in [2.45, 2.75) is 13.3 Å². The van der Waals surface area contributed by atoms with Crippen LogP contribution >= 0.6 is 11.6 Å². The molecule has 0 aliphatic rings. The standard InChI is InChI=1S/C12H10ClN3/c1-9-15-6-7-16(9)12-3-2-10(4-5-14)8-11(12)13/h2-3,6-8H,4H2,1H3. The Bertz CT molecular complexity index is 552. The van der Waals surface area contributed by atoms with Gasteiger partial charge in [0.05, 0.1) is 23.2 Å². The van der Waals surface area contributed by atoms with Crippen LogP contribution in [0.4, 0.5) is 0 Å². The number of halogens is 1. The first kappa shape index (κ1) is 10.7. The van der Waals surface area contributed by atoms with Gasteiger partial charge >= 0.3 is 0 Å². The van der Waals surface area contributed by atoms with Gasteiger partial charge in [-0.25, -0.2) is 4.98 Å². The molecule has 0 N–H and O–H groups in total. The molecule has 0 fully saturated rings. The van der Waals surface area contributed by atoms with Gasteiger partial charge in [-0.2, -0.15) is 5.26 Å². The number of aromatic nitrogens is 2. The minimum atomic E-state index is 0.378. The highest BCUT2D eigenvalue weighted by Crippen LogP contribution is 2.23. The fraction of sp³-hybridized carbons (Fsp3) is 0.167. The molecule has 80 valence electrons. The molecule has 0 bridgehead atoms. The van der Waals surface area contributed by atoms with E-state index in [0.29, 0.717) is 11.4 Å². The molecule has 1 aromatic carbocycles. The summed E-state index contributed by atoms with van der Waals surface area (Å²) in [6.45, 7) is 1.92. The van der Waals surface area contributed by atoms with Gasteiger partial charge in [-0.05, 0) is 24.6 Å². The van der Waals surface area contributed by atoms with Gasteiger partial charge in [-0.3, -0.25) is 0 Å². The summed E-state index contributed by atoms with van der Waals surface area (Å²) in [7, 11) is 0. The van der Waals surface area contributed by atoms with Gasteiger partial charge in [0.15, 0.2) is 0 Å². The molecule has 3 nitrogen and oxygen atoms in total. The molecule has 0 amide bonds. The summed E-state index contributed by atoms with van der Waals surface area (Å²) < 4.78 is 1.92. The predicted molar refractivity (Wildman–Crippen MR) is 62.6 cm³/mol. The second kappa shape index (κ2) is 4.38. The SMILES string of the molecule is Cc1nccn1-c1ccc(CC#N)cc1Cl. The molecule has 0 saturated heterocycles. The van der Waals surface area contributed by atoms with Crippen molar-refractivity contribution in [2.75, 3.05) is 0 Å². The van der Waals surface area contributed by atoms with Crippen LogP contribution < -0.4 is 0 Å². The van der Waals surface area contributed by atoms with Crippen LogP contribution in [0.3, 0.4) is 0 Å². The largest absolute Gasteiger partial charge is 0.302 e. The van der Waals surface area contributed by atoms with Crippen molar-refractivity contribution in [3.63, 3.8) is 0 Å². The van der Waals surface area contributed by atoms with Crippen LogP contribution in [0.25, 0.3) is 5.69 Å². The van der Waals surface area contributed by atoms with Crippen molar-refractivity contribution in [1.82, 2.24) is 9.55 Å². The Balaban J connectivity index is 2.45. The summed E-state index contributed by atoms with van der Waals surface area (Å²) >= 11 is 6.17. The van der Waals surface area contributed by atoms with Gasteiger partial charge in [-0.15, -0.1) is 0 Å². The molecule has 0 unspecified atom stereocenters. The number of aryl methyl sites for hydroxylation is 1. The first-order chi connectivity index (χ1) is 7.72. The number of nitriles is 1. The Morgan fingerprint density at radius 2 is 2.31 bits per heavy atom. The normalized spacial score (nSPS) is 10.1. The third-order valence-corrected chi connectivity index (χ3v) is 2.68. The second-order valence-corrected chi connectivity index (χ2v) is 3.87. The van der Waals surface area contributed by atoms with E-state index in [1.807, 2.05) is 35.9 Å². The fourth-order valence-corrected chi connectivity index (χ4v) is 1.87. The van der Waals surface area contributed by atoms with E-state index in [0.717, 1.165) is 17.1 Å². The van der Waals surface area contributed by atoms with Gasteiger partial charge in [0, 0.05) is 12.4 Å². The van der Waals surface area contributed by atoms with Crippen molar-refractivity contribution in [3.05, 3.63) is 47.0 Å². The maximum absolute atomic E-state index is 8.60. The Kier molecular flexibility index (Phi) is 2.93. The lowest BCUT2D eigenvalue weighted by atomic mass is 10.1. The van der Waals surface area contributed by atoms with E-state index in [2.05, 4.69) is 11.1 Å².